The van der Waals surface area contributed by atoms with Crippen molar-refractivity contribution in [3.05, 3.63) is 23.5 Å². The van der Waals surface area contributed by atoms with E-state index in [0.717, 1.165) is 10.9 Å². The zero-order valence-corrected chi connectivity index (χ0v) is 11.6. The first kappa shape index (κ1) is 13.6. The van der Waals surface area contributed by atoms with Gasteiger partial charge in [0.25, 0.3) is 0 Å². The number of fused-ring (bicyclic) bond motifs is 1. The summed E-state index contributed by atoms with van der Waals surface area (Å²) in [4.78, 5) is 4.11. The lowest BCUT2D eigenvalue weighted by atomic mass is 10.2. The lowest BCUT2D eigenvalue weighted by Crippen LogP contribution is -2.24. The average Bonchev–Trinajstić information content (AvgIpc) is 3.00. The summed E-state index contributed by atoms with van der Waals surface area (Å²) in [5.74, 6) is 0.448. The summed E-state index contributed by atoms with van der Waals surface area (Å²) in [6.07, 6.45) is 0.667. The fourth-order valence-electron chi connectivity index (χ4n) is 2.55. The minimum absolute atomic E-state index is 0.206. The van der Waals surface area contributed by atoms with Crippen LogP contribution in [0.5, 0.6) is 5.88 Å². The first-order chi connectivity index (χ1) is 9.63. The Morgan fingerprint density at radius 3 is 3.05 bits per heavy atom. The van der Waals surface area contributed by atoms with Crippen LogP contribution in [0.25, 0.3) is 10.9 Å². The van der Waals surface area contributed by atoms with Gasteiger partial charge in [0.2, 0.25) is 5.88 Å². The number of halogens is 1. The molecule has 0 amide bonds. The van der Waals surface area contributed by atoms with E-state index in [-0.39, 0.29) is 12.8 Å². The van der Waals surface area contributed by atoms with Crippen LogP contribution in [0.4, 0.5) is 0 Å². The Morgan fingerprint density at radius 1 is 1.60 bits per heavy atom. The van der Waals surface area contributed by atoms with Crippen molar-refractivity contribution in [1.29, 1.82) is 0 Å². The molecule has 0 bridgehead atoms. The number of rotatable bonds is 3. The van der Waals surface area contributed by atoms with Crippen LogP contribution in [0.3, 0.4) is 0 Å². The van der Waals surface area contributed by atoms with Gasteiger partial charge in [-0.25, -0.2) is 4.98 Å². The van der Waals surface area contributed by atoms with Gasteiger partial charge >= 0.3 is 0 Å². The smallest absolute Gasteiger partial charge is 0.224 e. The SMILES string of the molecule is COc1nc(Cl)cc2c1ccn2[C@@H]1C[C@H](O)[C@@H](CO)O1. The summed E-state index contributed by atoms with van der Waals surface area (Å²) >= 11 is 5.99. The molecule has 6 nitrogen and oxygen atoms in total. The molecule has 3 atom stereocenters. The van der Waals surface area contributed by atoms with Crippen molar-refractivity contribution >= 4 is 22.5 Å². The molecule has 108 valence electrons. The molecular formula is C13H15ClN2O4. The molecule has 1 aliphatic rings. The fourth-order valence-corrected chi connectivity index (χ4v) is 2.73. The van der Waals surface area contributed by atoms with E-state index in [2.05, 4.69) is 4.98 Å². The summed E-state index contributed by atoms with van der Waals surface area (Å²) in [6, 6.07) is 3.58. The van der Waals surface area contributed by atoms with Gasteiger partial charge in [0.15, 0.2) is 0 Å². The highest BCUT2D eigenvalue weighted by Crippen LogP contribution is 2.34. The molecule has 2 aromatic heterocycles. The molecule has 0 spiro atoms. The van der Waals surface area contributed by atoms with Gasteiger partial charge in [0.1, 0.15) is 17.5 Å². The van der Waals surface area contributed by atoms with Gasteiger partial charge in [-0.15, -0.1) is 0 Å². The Morgan fingerprint density at radius 2 is 2.40 bits per heavy atom. The van der Waals surface area contributed by atoms with Gasteiger partial charge in [0, 0.05) is 18.7 Å². The highest BCUT2D eigenvalue weighted by atomic mass is 35.5. The third-order valence-electron chi connectivity index (χ3n) is 3.54. The Hall–Kier alpha value is -1.34. The molecule has 0 aromatic carbocycles. The zero-order valence-electron chi connectivity index (χ0n) is 10.9. The first-order valence-electron chi connectivity index (χ1n) is 6.29. The maximum atomic E-state index is 9.82. The van der Waals surface area contributed by atoms with E-state index in [0.29, 0.717) is 17.5 Å². The molecule has 2 N–H and O–H groups in total. The molecule has 1 aliphatic heterocycles. The van der Waals surface area contributed by atoms with Crippen molar-refractivity contribution in [3.63, 3.8) is 0 Å². The van der Waals surface area contributed by atoms with Crippen molar-refractivity contribution in [2.45, 2.75) is 24.9 Å². The molecule has 3 heterocycles. The Labute approximate surface area is 120 Å². The highest BCUT2D eigenvalue weighted by Gasteiger charge is 2.34. The monoisotopic (exact) mass is 298 g/mol. The maximum absolute atomic E-state index is 9.82. The van der Waals surface area contributed by atoms with Gasteiger partial charge in [-0.3, -0.25) is 0 Å². The minimum atomic E-state index is -0.679. The lowest BCUT2D eigenvalue weighted by Gasteiger charge is -2.15. The van der Waals surface area contributed by atoms with Crippen LogP contribution in [0.15, 0.2) is 18.3 Å². The van der Waals surface area contributed by atoms with E-state index in [4.69, 9.17) is 26.2 Å². The molecule has 7 heteroatoms. The van der Waals surface area contributed by atoms with Gasteiger partial charge in [-0.1, -0.05) is 11.6 Å². The number of methoxy groups -OCH3 is 1. The zero-order chi connectivity index (χ0) is 14.3. The summed E-state index contributed by atoms with van der Waals surface area (Å²) in [5.41, 5.74) is 0.817. The normalized spacial score (nSPS) is 26.3. The van der Waals surface area contributed by atoms with Gasteiger partial charge in [0.05, 0.1) is 30.7 Å². The molecular weight excluding hydrogens is 284 g/mol. The first-order valence-corrected chi connectivity index (χ1v) is 6.67. The quantitative estimate of drug-likeness (QED) is 0.836. The largest absolute Gasteiger partial charge is 0.480 e. The fraction of sp³-hybridized carbons (Fsp3) is 0.462. The van der Waals surface area contributed by atoms with Crippen molar-refractivity contribution < 1.29 is 19.7 Å². The third-order valence-corrected chi connectivity index (χ3v) is 3.73. The van der Waals surface area contributed by atoms with E-state index in [1.165, 1.54) is 7.11 Å². The minimum Gasteiger partial charge on any atom is -0.480 e. The molecule has 20 heavy (non-hydrogen) atoms. The molecule has 0 radical (unpaired) electrons. The second-order valence-electron chi connectivity index (χ2n) is 4.72. The number of aliphatic hydroxyl groups excluding tert-OH is 2. The number of aliphatic hydroxyl groups is 2. The number of ether oxygens (including phenoxy) is 2. The Kier molecular flexibility index (Phi) is 3.55. The maximum Gasteiger partial charge on any atom is 0.224 e. The number of pyridine rings is 1. The predicted octanol–water partition coefficient (Wildman–Crippen LogP) is 1.34. The van der Waals surface area contributed by atoms with Crippen LogP contribution in [0.2, 0.25) is 5.15 Å². The molecule has 3 rings (SSSR count). The molecule has 2 aromatic rings. The van der Waals surface area contributed by atoms with Gasteiger partial charge in [-0.05, 0) is 6.07 Å². The van der Waals surface area contributed by atoms with Crippen molar-refractivity contribution in [2.75, 3.05) is 13.7 Å². The second-order valence-corrected chi connectivity index (χ2v) is 5.11. The topological polar surface area (TPSA) is 76.7 Å². The predicted molar refractivity (Wildman–Crippen MR) is 72.9 cm³/mol. The van der Waals surface area contributed by atoms with E-state index < -0.39 is 12.2 Å². The Balaban J connectivity index is 2.03. The van der Waals surface area contributed by atoms with E-state index >= 15 is 0 Å². The van der Waals surface area contributed by atoms with Crippen LogP contribution in [-0.4, -0.2) is 45.7 Å². The second kappa shape index (κ2) is 5.21. The van der Waals surface area contributed by atoms with E-state index in [9.17, 15) is 5.11 Å². The summed E-state index contributed by atoms with van der Waals surface area (Å²) < 4.78 is 12.7. The molecule has 1 fully saturated rings. The lowest BCUT2D eigenvalue weighted by molar-refractivity contribution is -0.0429. The van der Waals surface area contributed by atoms with E-state index in [1.807, 2.05) is 16.8 Å². The van der Waals surface area contributed by atoms with Crippen LogP contribution >= 0.6 is 11.6 Å². The molecule has 0 unspecified atom stereocenters. The molecule has 0 aliphatic carbocycles. The van der Waals surface area contributed by atoms with Crippen molar-refractivity contribution in [1.82, 2.24) is 9.55 Å². The van der Waals surface area contributed by atoms with Gasteiger partial charge < -0.3 is 24.3 Å². The average molecular weight is 299 g/mol. The van der Waals surface area contributed by atoms with E-state index in [1.54, 1.807) is 6.07 Å². The molecule has 1 saturated heterocycles. The summed E-state index contributed by atoms with van der Waals surface area (Å²) in [6.45, 7) is -0.206. The van der Waals surface area contributed by atoms with Crippen molar-refractivity contribution in [3.8, 4) is 5.88 Å². The van der Waals surface area contributed by atoms with Crippen molar-refractivity contribution in [2.24, 2.45) is 0 Å². The van der Waals surface area contributed by atoms with Crippen LogP contribution in [0, 0.1) is 0 Å². The third kappa shape index (κ3) is 2.14. The van der Waals surface area contributed by atoms with Crippen LogP contribution in [0.1, 0.15) is 12.6 Å². The number of hydrogen-bond donors (Lipinski definition) is 2. The Bertz CT molecular complexity index is 630. The van der Waals surface area contributed by atoms with Crippen LogP contribution in [-0.2, 0) is 4.74 Å². The standard InChI is InChI=1S/C13H15ClN2O4/c1-19-13-7-2-3-16(8(7)4-11(14)15-13)12-5-9(18)10(6-17)20-12/h2-4,9-10,12,17-18H,5-6H2,1H3/t9-,10+,12-/m0/s1. The van der Waals surface area contributed by atoms with Crippen LogP contribution < -0.4 is 4.74 Å². The molecule has 0 saturated carbocycles. The number of nitrogens with zero attached hydrogens (tertiary/aromatic N) is 2. The van der Waals surface area contributed by atoms with Gasteiger partial charge in [-0.2, -0.15) is 0 Å². The highest BCUT2D eigenvalue weighted by molar-refractivity contribution is 6.30. The number of aromatic nitrogens is 2. The summed E-state index contributed by atoms with van der Waals surface area (Å²) in [5, 5.41) is 20.1. The number of hydrogen-bond acceptors (Lipinski definition) is 5. The summed E-state index contributed by atoms with van der Waals surface area (Å²) in [7, 11) is 1.53.